The minimum atomic E-state index is -0.754. The van der Waals surface area contributed by atoms with E-state index in [2.05, 4.69) is 0 Å². The van der Waals surface area contributed by atoms with Gasteiger partial charge in [-0.15, -0.1) is 0 Å². The van der Waals surface area contributed by atoms with E-state index in [0.29, 0.717) is 0 Å². The number of carboxylic acids is 1. The Morgan fingerprint density at radius 1 is 2.00 bits per heavy atom. The van der Waals surface area contributed by atoms with Gasteiger partial charge in [-0.3, -0.25) is 4.79 Å². The number of halogens is 1. The molecular formula is C3H7IO2Sr. The molecule has 0 amide bonds. The zero-order valence-electron chi connectivity index (χ0n) is 6.02. The van der Waals surface area contributed by atoms with E-state index in [0.717, 1.165) is 0 Å². The summed E-state index contributed by atoms with van der Waals surface area (Å²) in [6.45, 7) is 1.63. The Balaban J connectivity index is -0.0000000417. The zero-order valence-corrected chi connectivity index (χ0v) is 9.65. The van der Waals surface area contributed by atoms with Crippen LogP contribution in [0.5, 0.6) is 0 Å². The van der Waals surface area contributed by atoms with Crippen molar-refractivity contribution in [2.24, 2.45) is 0 Å². The second-order valence-electron chi connectivity index (χ2n) is 0.954. The number of hydrogen-bond donors (Lipinski definition) is 1. The van der Waals surface area contributed by atoms with Gasteiger partial charge in [-0.05, 0) is 6.92 Å². The van der Waals surface area contributed by atoms with Gasteiger partial charge in [-0.2, -0.15) is 0 Å². The van der Waals surface area contributed by atoms with Gasteiger partial charge >= 0.3 is 51.5 Å². The van der Waals surface area contributed by atoms with Gasteiger partial charge < -0.3 is 7.96 Å². The molecular weight excluding hydrogens is 283 g/mol. The van der Waals surface area contributed by atoms with Crippen LogP contribution >= 0.6 is 22.6 Å². The molecule has 40 valence electrons. The molecule has 2 nitrogen and oxygen atoms in total. The molecule has 7 heavy (non-hydrogen) atoms. The van der Waals surface area contributed by atoms with E-state index >= 15 is 0 Å². The van der Waals surface area contributed by atoms with Gasteiger partial charge in [0.05, 0.1) is 0 Å². The molecule has 0 fully saturated rings. The van der Waals surface area contributed by atoms with E-state index in [4.69, 9.17) is 5.11 Å². The second kappa shape index (κ2) is 5.81. The van der Waals surface area contributed by atoms with Crippen molar-refractivity contribution in [3.8, 4) is 0 Å². The predicted octanol–water partition coefficient (Wildman–Crippen LogP) is 0.739. The average molecular weight is 290 g/mol. The van der Waals surface area contributed by atoms with Crippen LogP contribution in [0.25, 0.3) is 0 Å². The summed E-state index contributed by atoms with van der Waals surface area (Å²) in [5, 5.41) is 7.98. The summed E-state index contributed by atoms with van der Waals surface area (Å²) in [5.41, 5.74) is 0. The van der Waals surface area contributed by atoms with E-state index in [1.807, 2.05) is 22.6 Å². The van der Waals surface area contributed by atoms with Gasteiger partial charge in [0.25, 0.3) is 0 Å². The summed E-state index contributed by atoms with van der Waals surface area (Å²) in [5.74, 6) is -0.754. The van der Waals surface area contributed by atoms with Crippen molar-refractivity contribution in [1.29, 1.82) is 0 Å². The van der Waals surface area contributed by atoms with Crippen molar-refractivity contribution in [2.45, 2.75) is 10.8 Å². The molecule has 0 aliphatic rings. The quantitative estimate of drug-likeness (QED) is 0.439. The minimum Gasteiger partial charge on any atom is -1.00 e. The number of alkyl halides is 1. The fourth-order valence-corrected chi connectivity index (χ4v) is 0. The van der Waals surface area contributed by atoms with Crippen LogP contribution in [0.4, 0.5) is 0 Å². The Hall–Kier alpha value is 1.68. The smallest absolute Gasteiger partial charge is 1.00 e. The normalized spacial score (nSPS) is 11.7. The van der Waals surface area contributed by atoms with E-state index in [1.54, 1.807) is 6.92 Å². The van der Waals surface area contributed by atoms with Crippen molar-refractivity contribution in [3.05, 3.63) is 0 Å². The summed E-state index contributed by atoms with van der Waals surface area (Å²) in [7, 11) is 0. The van der Waals surface area contributed by atoms with Crippen molar-refractivity contribution in [3.63, 3.8) is 0 Å². The number of rotatable bonds is 1. The number of hydrogen-bond acceptors (Lipinski definition) is 1. The third kappa shape index (κ3) is 7.68. The molecule has 0 saturated carbocycles. The van der Waals surface area contributed by atoms with E-state index in [-0.39, 0.29) is 52.3 Å². The maximum absolute atomic E-state index is 9.69. The fourth-order valence-electron chi connectivity index (χ4n) is 0. The van der Waals surface area contributed by atoms with Crippen LogP contribution in [-0.4, -0.2) is 60.5 Å². The van der Waals surface area contributed by atoms with E-state index in [9.17, 15) is 4.79 Å². The van der Waals surface area contributed by atoms with Crippen LogP contribution in [0.1, 0.15) is 9.78 Å². The van der Waals surface area contributed by atoms with Crippen LogP contribution in [0, 0.1) is 0 Å². The molecule has 4 heteroatoms. The van der Waals surface area contributed by atoms with E-state index in [1.165, 1.54) is 0 Å². The van der Waals surface area contributed by atoms with Crippen molar-refractivity contribution in [1.82, 2.24) is 0 Å². The Morgan fingerprint density at radius 2 is 2.14 bits per heavy atom. The summed E-state index contributed by atoms with van der Waals surface area (Å²) in [6.07, 6.45) is 0. The molecule has 0 saturated heterocycles. The SMILES string of the molecule is CC(I)C(=O)O.[H-].[H-].[Sr+2]. The average Bonchev–Trinajstić information content (AvgIpc) is 1.36. The van der Waals surface area contributed by atoms with Gasteiger partial charge in [-0.25, -0.2) is 0 Å². The standard InChI is InChI=1S/C3H5IO2.Sr.2H/c1-2(4)3(5)6;;;/h2H,1H3,(H,5,6);;;/q;+2;2*-1. The second-order valence-corrected chi connectivity index (χ2v) is 2.82. The largest absolute Gasteiger partial charge is 2.00 e. The van der Waals surface area contributed by atoms with Crippen LogP contribution in [0.3, 0.4) is 0 Å². The Kier molecular flexibility index (Phi) is 9.52. The van der Waals surface area contributed by atoms with Gasteiger partial charge in [0.15, 0.2) is 0 Å². The molecule has 1 atom stereocenters. The molecule has 0 radical (unpaired) electrons. The Morgan fingerprint density at radius 3 is 2.14 bits per heavy atom. The molecule has 0 aromatic rings. The molecule has 0 aromatic carbocycles. The molecule has 0 rings (SSSR count). The van der Waals surface area contributed by atoms with Gasteiger partial charge in [0.1, 0.15) is 3.92 Å². The van der Waals surface area contributed by atoms with Crippen LogP contribution in [0.15, 0.2) is 0 Å². The Bertz CT molecular complexity index is 70.8. The fraction of sp³-hybridized carbons (Fsp3) is 0.667. The third-order valence-electron chi connectivity index (χ3n) is 0.340. The van der Waals surface area contributed by atoms with Gasteiger partial charge in [0, 0.05) is 0 Å². The zero-order chi connectivity index (χ0) is 5.15. The number of carboxylic acid groups (broad SMARTS) is 1. The summed E-state index contributed by atoms with van der Waals surface area (Å²) >= 11 is 1.83. The number of aliphatic carboxylic acids is 1. The maximum atomic E-state index is 9.69. The van der Waals surface area contributed by atoms with Crippen molar-refractivity contribution in [2.75, 3.05) is 0 Å². The molecule has 0 aromatic heterocycles. The first-order valence-electron chi connectivity index (χ1n) is 1.51. The van der Waals surface area contributed by atoms with Crippen molar-refractivity contribution >= 4 is 74.0 Å². The van der Waals surface area contributed by atoms with Crippen LogP contribution < -0.4 is 0 Å². The monoisotopic (exact) mass is 290 g/mol. The molecule has 0 bridgehead atoms. The predicted molar refractivity (Wildman–Crippen MR) is 39.1 cm³/mol. The summed E-state index contributed by atoms with van der Waals surface area (Å²) in [4.78, 5) is 9.69. The van der Waals surface area contributed by atoms with Crippen LogP contribution in [0.2, 0.25) is 0 Å². The molecule has 1 N–H and O–H groups in total. The Labute approximate surface area is 96.0 Å². The summed E-state index contributed by atoms with van der Waals surface area (Å²) < 4.78 is -0.261. The van der Waals surface area contributed by atoms with Gasteiger partial charge in [-0.1, -0.05) is 22.6 Å². The molecule has 1 unspecified atom stereocenters. The van der Waals surface area contributed by atoms with Crippen LogP contribution in [-0.2, 0) is 4.79 Å². The first-order chi connectivity index (χ1) is 2.64. The van der Waals surface area contributed by atoms with Crippen molar-refractivity contribution < 1.29 is 12.8 Å². The topological polar surface area (TPSA) is 37.3 Å². The third-order valence-corrected chi connectivity index (χ3v) is 0.873. The summed E-state index contributed by atoms with van der Waals surface area (Å²) in [6, 6.07) is 0. The molecule has 0 spiro atoms. The molecule has 0 aliphatic carbocycles. The van der Waals surface area contributed by atoms with Gasteiger partial charge in [0.2, 0.25) is 0 Å². The minimum absolute atomic E-state index is 0. The maximum Gasteiger partial charge on any atom is 2.00 e. The molecule has 0 heterocycles. The number of carbonyl (C=O) groups is 1. The molecule has 0 aliphatic heterocycles. The van der Waals surface area contributed by atoms with E-state index < -0.39 is 5.97 Å². The first kappa shape index (κ1) is 11.5. The first-order valence-corrected chi connectivity index (χ1v) is 2.76.